The Morgan fingerprint density at radius 3 is 2.57 bits per heavy atom. The molecule has 3 aromatic rings. The fraction of sp³-hybridized carbons (Fsp3) is 0.278. The Hall–Kier alpha value is -1.85. The van der Waals surface area contributed by atoms with Gasteiger partial charge in [0.05, 0.1) is 0 Å². The van der Waals surface area contributed by atoms with E-state index in [0.29, 0.717) is 0 Å². The number of halogens is 1. The average molecular weight is 371 g/mol. The van der Waals surface area contributed by atoms with E-state index in [1.54, 1.807) is 0 Å². The average Bonchev–Trinajstić information content (AvgIpc) is 2.99. The number of rotatable bonds is 2. The highest BCUT2D eigenvalue weighted by Gasteiger charge is 2.14. The third-order valence-electron chi connectivity index (χ3n) is 4.54. The molecule has 4 nitrogen and oxygen atoms in total. The number of likely N-dealkylation sites (N-methyl/N-ethyl adjacent to an activating group) is 1. The number of benzene rings is 1. The number of hydrogen-bond acceptors (Lipinski definition) is 3. The number of H-pyrrole nitrogens is 1. The summed E-state index contributed by atoms with van der Waals surface area (Å²) in [6, 6.07) is 11.0. The molecule has 0 aliphatic carbocycles. The minimum atomic E-state index is 0.923. The largest absolute Gasteiger partial charge is 0.369 e. The van der Waals surface area contributed by atoms with E-state index in [-0.39, 0.29) is 0 Å². The van der Waals surface area contributed by atoms with Gasteiger partial charge in [0.1, 0.15) is 5.65 Å². The second kappa shape index (κ2) is 5.98. The van der Waals surface area contributed by atoms with Crippen LogP contribution >= 0.6 is 15.9 Å². The van der Waals surface area contributed by atoms with E-state index in [2.05, 4.69) is 73.1 Å². The molecule has 1 N–H and O–H groups in total. The van der Waals surface area contributed by atoms with Crippen molar-refractivity contribution in [2.24, 2.45) is 0 Å². The molecule has 118 valence electrons. The van der Waals surface area contributed by atoms with E-state index in [4.69, 9.17) is 0 Å². The lowest BCUT2D eigenvalue weighted by atomic mass is 10.1. The van der Waals surface area contributed by atoms with Crippen LogP contribution in [-0.4, -0.2) is 48.1 Å². The van der Waals surface area contributed by atoms with Crippen LogP contribution in [0.15, 0.2) is 47.2 Å². The van der Waals surface area contributed by atoms with Crippen molar-refractivity contribution >= 4 is 32.7 Å². The van der Waals surface area contributed by atoms with E-state index in [0.717, 1.165) is 41.7 Å². The van der Waals surface area contributed by atoms with Crippen molar-refractivity contribution in [3.63, 3.8) is 0 Å². The number of piperazine rings is 1. The summed E-state index contributed by atoms with van der Waals surface area (Å²) in [5.74, 6) is 0. The third-order valence-corrected chi connectivity index (χ3v) is 4.98. The van der Waals surface area contributed by atoms with Crippen LogP contribution in [0.1, 0.15) is 0 Å². The quantitative estimate of drug-likeness (QED) is 0.745. The highest BCUT2D eigenvalue weighted by molar-refractivity contribution is 9.10. The topological polar surface area (TPSA) is 35.2 Å². The Balaban J connectivity index is 1.63. The molecule has 0 radical (unpaired) electrons. The van der Waals surface area contributed by atoms with Gasteiger partial charge in [-0.15, -0.1) is 0 Å². The molecule has 5 heteroatoms. The van der Waals surface area contributed by atoms with Gasteiger partial charge in [-0.3, -0.25) is 0 Å². The standard InChI is InChI=1S/C18H19BrN4/c1-22-6-8-23(9-7-22)15-4-2-13(3-5-15)17-12-21-18-16(17)10-14(19)11-20-18/h2-5,10-12H,6-9H2,1H3,(H,20,21). The number of anilines is 1. The first-order chi connectivity index (χ1) is 11.2. The monoisotopic (exact) mass is 370 g/mol. The summed E-state index contributed by atoms with van der Waals surface area (Å²) in [6.07, 6.45) is 3.86. The molecule has 1 aromatic carbocycles. The molecule has 1 aliphatic rings. The summed E-state index contributed by atoms with van der Waals surface area (Å²) in [5, 5.41) is 1.15. The predicted octanol–water partition coefficient (Wildman–Crippen LogP) is 3.74. The first kappa shape index (κ1) is 14.7. The van der Waals surface area contributed by atoms with Crippen LogP contribution in [0.5, 0.6) is 0 Å². The molecule has 4 rings (SSSR count). The van der Waals surface area contributed by atoms with E-state index in [1.165, 1.54) is 16.8 Å². The fourth-order valence-corrected chi connectivity index (χ4v) is 3.46. The summed E-state index contributed by atoms with van der Waals surface area (Å²) in [4.78, 5) is 12.5. The first-order valence-corrected chi connectivity index (χ1v) is 8.66. The number of nitrogens with one attached hydrogen (secondary N) is 1. The Kier molecular flexibility index (Phi) is 3.83. The van der Waals surface area contributed by atoms with E-state index < -0.39 is 0 Å². The highest BCUT2D eigenvalue weighted by atomic mass is 79.9. The van der Waals surface area contributed by atoms with Crippen LogP contribution in [0.25, 0.3) is 22.2 Å². The van der Waals surface area contributed by atoms with Crippen LogP contribution < -0.4 is 4.90 Å². The van der Waals surface area contributed by atoms with Gasteiger partial charge < -0.3 is 14.8 Å². The number of hydrogen-bond donors (Lipinski definition) is 1. The Labute approximate surface area is 144 Å². The van der Waals surface area contributed by atoms with Gasteiger partial charge >= 0.3 is 0 Å². The summed E-state index contributed by atoms with van der Waals surface area (Å²) in [7, 11) is 2.18. The summed E-state index contributed by atoms with van der Waals surface area (Å²) in [6.45, 7) is 4.45. The maximum Gasteiger partial charge on any atom is 0.137 e. The minimum absolute atomic E-state index is 0.923. The molecule has 1 saturated heterocycles. The summed E-state index contributed by atoms with van der Waals surface area (Å²) in [5.41, 5.74) is 4.64. The number of fused-ring (bicyclic) bond motifs is 1. The lowest BCUT2D eigenvalue weighted by molar-refractivity contribution is 0.313. The fourth-order valence-electron chi connectivity index (χ4n) is 3.13. The highest BCUT2D eigenvalue weighted by Crippen LogP contribution is 2.30. The molecule has 2 aromatic heterocycles. The SMILES string of the molecule is CN1CCN(c2ccc(-c3c[nH]c4ncc(Br)cc34)cc2)CC1. The maximum absolute atomic E-state index is 4.41. The van der Waals surface area contributed by atoms with Gasteiger partial charge in [-0.1, -0.05) is 12.1 Å². The molecule has 0 saturated carbocycles. The van der Waals surface area contributed by atoms with Crippen molar-refractivity contribution in [1.29, 1.82) is 0 Å². The van der Waals surface area contributed by atoms with Gasteiger partial charge in [-0.05, 0) is 46.7 Å². The van der Waals surface area contributed by atoms with E-state index in [1.807, 2.05) is 12.4 Å². The van der Waals surface area contributed by atoms with Crippen LogP contribution in [0, 0.1) is 0 Å². The molecule has 0 amide bonds. The second-order valence-electron chi connectivity index (χ2n) is 6.09. The zero-order chi connectivity index (χ0) is 15.8. The second-order valence-corrected chi connectivity index (χ2v) is 7.00. The van der Waals surface area contributed by atoms with Crippen molar-refractivity contribution in [3.05, 3.63) is 47.2 Å². The van der Waals surface area contributed by atoms with Crippen molar-refractivity contribution in [3.8, 4) is 11.1 Å². The predicted molar refractivity (Wildman–Crippen MR) is 98.9 cm³/mol. The van der Waals surface area contributed by atoms with E-state index >= 15 is 0 Å². The van der Waals surface area contributed by atoms with Gasteiger partial charge in [-0.2, -0.15) is 0 Å². The van der Waals surface area contributed by atoms with E-state index in [9.17, 15) is 0 Å². The molecular weight excluding hydrogens is 352 g/mol. The molecule has 0 bridgehead atoms. The molecule has 0 spiro atoms. The molecule has 1 fully saturated rings. The molecule has 0 atom stereocenters. The zero-order valence-electron chi connectivity index (χ0n) is 13.1. The Morgan fingerprint density at radius 2 is 1.83 bits per heavy atom. The third kappa shape index (κ3) is 2.86. The van der Waals surface area contributed by atoms with Crippen LogP contribution in [0.3, 0.4) is 0 Å². The molecule has 1 aliphatic heterocycles. The van der Waals surface area contributed by atoms with Crippen molar-refractivity contribution < 1.29 is 0 Å². The van der Waals surface area contributed by atoms with Crippen molar-refractivity contribution in [1.82, 2.24) is 14.9 Å². The minimum Gasteiger partial charge on any atom is -0.369 e. The molecular formula is C18H19BrN4. The number of nitrogens with zero attached hydrogens (tertiary/aromatic N) is 3. The molecule has 3 heterocycles. The van der Waals surface area contributed by atoms with Crippen LogP contribution in [0.2, 0.25) is 0 Å². The maximum atomic E-state index is 4.41. The van der Waals surface area contributed by atoms with Crippen LogP contribution in [0.4, 0.5) is 5.69 Å². The number of aromatic amines is 1. The van der Waals surface area contributed by atoms with Gasteiger partial charge in [0.15, 0.2) is 0 Å². The van der Waals surface area contributed by atoms with Gasteiger partial charge in [0, 0.05) is 59.7 Å². The summed E-state index contributed by atoms with van der Waals surface area (Å²) < 4.78 is 1.000. The normalized spacial score (nSPS) is 16.2. The molecule has 0 unspecified atom stereocenters. The number of aromatic nitrogens is 2. The summed E-state index contributed by atoms with van der Waals surface area (Å²) >= 11 is 3.51. The van der Waals surface area contributed by atoms with Gasteiger partial charge in [-0.25, -0.2) is 4.98 Å². The van der Waals surface area contributed by atoms with Crippen molar-refractivity contribution in [2.75, 3.05) is 38.1 Å². The van der Waals surface area contributed by atoms with Gasteiger partial charge in [0.25, 0.3) is 0 Å². The lowest BCUT2D eigenvalue weighted by Gasteiger charge is -2.34. The number of pyridine rings is 1. The lowest BCUT2D eigenvalue weighted by Crippen LogP contribution is -2.44. The van der Waals surface area contributed by atoms with Crippen LogP contribution in [-0.2, 0) is 0 Å². The first-order valence-electron chi connectivity index (χ1n) is 7.87. The molecule has 23 heavy (non-hydrogen) atoms. The zero-order valence-corrected chi connectivity index (χ0v) is 14.7. The smallest absolute Gasteiger partial charge is 0.137 e. The Bertz CT molecular complexity index is 817. The van der Waals surface area contributed by atoms with Crippen molar-refractivity contribution in [2.45, 2.75) is 0 Å². The van der Waals surface area contributed by atoms with Gasteiger partial charge in [0.2, 0.25) is 0 Å². The Morgan fingerprint density at radius 1 is 1.09 bits per heavy atom.